The predicted molar refractivity (Wildman–Crippen MR) is 98.8 cm³/mol. The van der Waals surface area contributed by atoms with Crippen LogP contribution in [0.1, 0.15) is 5.82 Å². The average molecular weight is 415 g/mol. The molecule has 1 N–H and O–H groups in total. The number of halogens is 1. The molecule has 0 aromatic carbocycles. The van der Waals surface area contributed by atoms with E-state index in [4.69, 9.17) is 9.84 Å². The molecular formula is C15H23BrN4O3Si. The third kappa shape index (κ3) is 5.02. The van der Waals surface area contributed by atoms with Gasteiger partial charge >= 0.3 is 6.09 Å². The SMILES string of the molecule is CN(Cc1nc2cc(Br)cnc2n1COCC[Si](C)(C)C)C(=O)O. The molecule has 0 aliphatic rings. The minimum absolute atomic E-state index is 0.181. The third-order valence-corrected chi connectivity index (χ3v) is 5.69. The highest BCUT2D eigenvalue weighted by molar-refractivity contribution is 9.10. The molecule has 0 bridgehead atoms. The molecule has 0 fully saturated rings. The van der Waals surface area contributed by atoms with Crippen LogP contribution in [0.2, 0.25) is 25.7 Å². The second-order valence-corrected chi connectivity index (χ2v) is 13.5. The molecule has 0 radical (unpaired) electrons. The molecule has 2 aromatic heterocycles. The molecule has 0 saturated heterocycles. The van der Waals surface area contributed by atoms with Gasteiger partial charge in [-0.25, -0.2) is 14.8 Å². The van der Waals surface area contributed by atoms with Gasteiger partial charge in [-0.05, 0) is 28.0 Å². The zero-order valence-corrected chi connectivity index (χ0v) is 17.0. The number of hydrogen-bond acceptors (Lipinski definition) is 4. The quantitative estimate of drug-likeness (QED) is 0.552. The van der Waals surface area contributed by atoms with Crippen LogP contribution in [0.15, 0.2) is 16.7 Å². The Morgan fingerprint density at radius 3 is 2.79 bits per heavy atom. The fraction of sp³-hybridized carbons (Fsp3) is 0.533. The molecule has 132 valence electrons. The topological polar surface area (TPSA) is 80.5 Å². The van der Waals surface area contributed by atoms with Gasteiger partial charge in [0.05, 0.1) is 6.54 Å². The van der Waals surface area contributed by atoms with Crippen molar-refractivity contribution in [3.63, 3.8) is 0 Å². The first-order valence-electron chi connectivity index (χ1n) is 7.70. The molecular weight excluding hydrogens is 392 g/mol. The molecule has 2 aromatic rings. The number of carboxylic acid groups (broad SMARTS) is 1. The minimum Gasteiger partial charge on any atom is -0.465 e. The van der Waals surface area contributed by atoms with Crippen LogP contribution in [0, 0.1) is 0 Å². The van der Waals surface area contributed by atoms with E-state index in [1.807, 2.05) is 10.6 Å². The molecule has 2 rings (SSSR count). The molecule has 0 aliphatic heterocycles. The molecule has 0 saturated carbocycles. The summed E-state index contributed by atoms with van der Waals surface area (Å²) >= 11 is 3.38. The highest BCUT2D eigenvalue weighted by Crippen LogP contribution is 2.20. The summed E-state index contributed by atoms with van der Waals surface area (Å²) in [5, 5.41) is 9.10. The first kappa shape index (κ1) is 18.9. The Kier molecular flexibility index (Phi) is 6.00. The highest BCUT2D eigenvalue weighted by Gasteiger charge is 2.17. The lowest BCUT2D eigenvalue weighted by atomic mass is 10.4. The van der Waals surface area contributed by atoms with E-state index < -0.39 is 14.2 Å². The van der Waals surface area contributed by atoms with Crippen molar-refractivity contribution in [1.82, 2.24) is 19.4 Å². The molecule has 24 heavy (non-hydrogen) atoms. The lowest BCUT2D eigenvalue weighted by molar-refractivity contribution is 0.0854. The van der Waals surface area contributed by atoms with Crippen LogP contribution >= 0.6 is 15.9 Å². The largest absolute Gasteiger partial charge is 0.465 e. The monoisotopic (exact) mass is 414 g/mol. The number of nitrogens with zero attached hydrogens (tertiary/aromatic N) is 4. The minimum atomic E-state index is -1.15. The van der Waals surface area contributed by atoms with Gasteiger partial charge in [-0.1, -0.05) is 19.6 Å². The van der Waals surface area contributed by atoms with Gasteiger partial charge in [0, 0.05) is 32.4 Å². The number of ether oxygens (including phenoxy) is 1. The zero-order chi connectivity index (χ0) is 17.9. The van der Waals surface area contributed by atoms with Gasteiger partial charge in [-0.2, -0.15) is 0 Å². The van der Waals surface area contributed by atoms with Gasteiger partial charge in [0.1, 0.15) is 18.1 Å². The number of carbonyl (C=O) groups is 1. The highest BCUT2D eigenvalue weighted by atomic mass is 79.9. The van der Waals surface area contributed by atoms with Crippen molar-refractivity contribution in [2.45, 2.75) is 39.0 Å². The molecule has 7 nitrogen and oxygen atoms in total. The van der Waals surface area contributed by atoms with Crippen molar-refractivity contribution in [1.29, 1.82) is 0 Å². The van der Waals surface area contributed by atoms with E-state index in [0.29, 0.717) is 30.3 Å². The molecule has 0 unspecified atom stereocenters. The standard InChI is InChI=1S/C15H23BrN4O3Si/c1-19(15(21)22)9-13-18-12-7-11(16)8-17-14(12)20(13)10-23-5-6-24(2,3)4/h7-8H,5-6,9-10H2,1-4H3,(H,21,22). The maximum absolute atomic E-state index is 11.1. The summed E-state index contributed by atoms with van der Waals surface area (Å²) in [5.74, 6) is 0.619. The van der Waals surface area contributed by atoms with Crippen LogP contribution in [0.3, 0.4) is 0 Å². The molecule has 0 aliphatic carbocycles. The van der Waals surface area contributed by atoms with Gasteiger partial charge in [0.15, 0.2) is 5.65 Å². The number of rotatable bonds is 7. The van der Waals surface area contributed by atoms with Crippen molar-refractivity contribution in [2.75, 3.05) is 13.7 Å². The number of aromatic nitrogens is 3. The van der Waals surface area contributed by atoms with Crippen LogP contribution in [0.4, 0.5) is 4.79 Å². The van der Waals surface area contributed by atoms with Crippen molar-refractivity contribution < 1.29 is 14.6 Å². The number of pyridine rings is 1. The van der Waals surface area contributed by atoms with Gasteiger partial charge in [0.2, 0.25) is 0 Å². The summed E-state index contributed by atoms with van der Waals surface area (Å²) in [5.41, 5.74) is 1.41. The molecule has 9 heteroatoms. The first-order chi connectivity index (χ1) is 11.2. The van der Waals surface area contributed by atoms with Gasteiger partial charge in [-0.15, -0.1) is 0 Å². The Hall–Kier alpha value is -1.45. The van der Waals surface area contributed by atoms with Gasteiger partial charge in [0.25, 0.3) is 0 Å². The summed E-state index contributed by atoms with van der Waals surface area (Å²) < 4.78 is 8.48. The van der Waals surface area contributed by atoms with Crippen LogP contribution in [-0.2, 0) is 18.0 Å². The van der Waals surface area contributed by atoms with Crippen molar-refractivity contribution in [3.8, 4) is 0 Å². The molecule has 2 heterocycles. The van der Waals surface area contributed by atoms with E-state index in [1.54, 1.807) is 6.20 Å². The Bertz CT molecular complexity index is 729. The van der Waals surface area contributed by atoms with Crippen molar-refractivity contribution >= 4 is 41.3 Å². The van der Waals surface area contributed by atoms with Crippen LogP contribution in [0.25, 0.3) is 11.2 Å². The predicted octanol–water partition coefficient (Wildman–Crippen LogP) is 3.62. The third-order valence-electron chi connectivity index (χ3n) is 3.55. The fourth-order valence-electron chi connectivity index (χ4n) is 2.10. The van der Waals surface area contributed by atoms with Gasteiger partial charge in [-0.3, -0.25) is 4.57 Å². The molecule has 0 atom stereocenters. The Balaban J connectivity index is 2.22. The smallest absolute Gasteiger partial charge is 0.407 e. The summed E-state index contributed by atoms with van der Waals surface area (Å²) in [7, 11) is 0.363. The number of amides is 1. The van der Waals surface area contributed by atoms with Gasteiger partial charge < -0.3 is 14.7 Å². The molecule has 1 amide bonds. The lowest BCUT2D eigenvalue weighted by Gasteiger charge is -2.17. The van der Waals surface area contributed by atoms with E-state index >= 15 is 0 Å². The second-order valence-electron chi connectivity index (χ2n) is 6.94. The number of hydrogen-bond donors (Lipinski definition) is 1. The van der Waals surface area contributed by atoms with E-state index in [1.165, 1.54) is 11.9 Å². The first-order valence-corrected chi connectivity index (χ1v) is 12.2. The maximum Gasteiger partial charge on any atom is 0.407 e. The lowest BCUT2D eigenvalue weighted by Crippen LogP contribution is -2.26. The van der Waals surface area contributed by atoms with E-state index in [-0.39, 0.29) is 6.54 Å². The van der Waals surface area contributed by atoms with E-state index in [9.17, 15) is 4.79 Å². The average Bonchev–Trinajstić information content (AvgIpc) is 2.79. The van der Waals surface area contributed by atoms with Crippen LogP contribution in [0.5, 0.6) is 0 Å². The van der Waals surface area contributed by atoms with Crippen LogP contribution in [-0.4, -0.2) is 52.4 Å². The second kappa shape index (κ2) is 7.62. The summed E-state index contributed by atoms with van der Waals surface area (Å²) in [6, 6.07) is 2.94. The van der Waals surface area contributed by atoms with Crippen molar-refractivity contribution in [3.05, 3.63) is 22.6 Å². The summed E-state index contributed by atoms with van der Waals surface area (Å²) in [4.78, 5) is 21.2. The van der Waals surface area contributed by atoms with Crippen molar-refractivity contribution in [2.24, 2.45) is 0 Å². The Labute approximate surface area is 150 Å². The number of imidazole rings is 1. The normalized spacial score (nSPS) is 11.9. The van der Waals surface area contributed by atoms with Crippen LogP contribution < -0.4 is 0 Å². The number of fused-ring (bicyclic) bond motifs is 1. The summed E-state index contributed by atoms with van der Waals surface area (Å²) in [6.07, 6.45) is 0.704. The van der Waals surface area contributed by atoms with E-state index in [0.717, 1.165) is 10.5 Å². The molecule has 0 spiro atoms. The maximum atomic E-state index is 11.1. The Morgan fingerprint density at radius 1 is 1.46 bits per heavy atom. The fourth-order valence-corrected chi connectivity index (χ4v) is 3.18. The van der Waals surface area contributed by atoms with E-state index in [2.05, 4.69) is 45.5 Å². The Morgan fingerprint density at radius 2 is 2.17 bits per heavy atom. The summed E-state index contributed by atoms with van der Waals surface area (Å²) in [6.45, 7) is 8.08. The zero-order valence-electron chi connectivity index (χ0n) is 14.4.